The lowest BCUT2D eigenvalue weighted by atomic mass is 9.81. The molecular formula is C23H36N4O3S2. The normalized spacial score (nSPS) is 21.6. The molecule has 32 heavy (non-hydrogen) atoms. The number of unbranched alkanes of at least 4 members (excludes halogenated alkanes) is 5. The van der Waals surface area contributed by atoms with E-state index in [2.05, 4.69) is 22.4 Å². The van der Waals surface area contributed by atoms with Crippen molar-refractivity contribution in [3.8, 4) is 0 Å². The molecule has 1 aromatic heterocycles. The summed E-state index contributed by atoms with van der Waals surface area (Å²) in [5, 5.41) is 12.5. The monoisotopic (exact) mass is 480 g/mol. The highest BCUT2D eigenvalue weighted by atomic mass is 32.2. The number of rotatable bonds is 13. The van der Waals surface area contributed by atoms with Crippen molar-refractivity contribution in [3.05, 3.63) is 5.01 Å². The van der Waals surface area contributed by atoms with E-state index in [-0.39, 0.29) is 29.6 Å². The molecule has 178 valence electrons. The third-order valence-electron chi connectivity index (χ3n) is 6.53. The Kier molecular flexibility index (Phi) is 9.96. The van der Waals surface area contributed by atoms with E-state index in [0.717, 1.165) is 43.5 Å². The van der Waals surface area contributed by atoms with Crippen LogP contribution in [0.3, 0.4) is 0 Å². The zero-order chi connectivity index (χ0) is 22.9. The van der Waals surface area contributed by atoms with Gasteiger partial charge in [-0.05, 0) is 37.7 Å². The molecule has 0 spiro atoms. The largest absolute Gasteiger partial charge is 0.299 e. The molecule has 1 aliphatic heterocycles. The molecule has 1 saturated heterocycles. The summed E-state index contributed by atoms with van der Waals surface area (Å²) in [6.07, 6.45) is 14.0. The minimum absolute atomic E-state index is 0.165. The molecule has 3 amide bonds. The van der Waals surface area contributed by atoms with E-state index in [4.69, 9.17) is 0 Å². The van der Waals surface area contributed by atoms with Crippen LogP contribution in [0.25, 0.3) is 0 Å². The van der Waals surface area contributed by atoms with Gasteiger partial charge in [0, 0.05) is 6.42 Å². The summed E-state index contributed by atoms with van der Waals surface area (Å²) in [7, 11) is 0. The summed E-state index contributed by atoms with van der Waals surface area (Å²) in [4.78, 5) is 40.5. The van der Waals surface area contributed by atoms with Crippen LogP contribution in [-0.4, -0.2) is 50.9 Å². The molecule has 1 aliphatic carbocycles. The number of likely N-dealkylation sites (tertiary alicyclic amines) is 1. The first kappa shape index (κ1) is 25.1. The van der Waals surface area contributed by atoms with E-state index in [0.29, 0.717) is 17.3 Å². The number of anilines is 1. The number of fused-ring (bicyclic) bond motifs is 1. The van der Waals surface area contributed by atoms with E-state index < -0.39 is 6.04 Å². The highest BCUT2D eigenvalue weighted by Gasteiger charge is 2.51. The van der Waals surface area contributed by atoms with Gasteiger partial charge in [-0.2, -0.15) is 11.8 Å². The molecular weight excluding hydrogens is 444 g/mol. The molecule has 2 fully saturated rings. The van der Waals surface area contributed by atoms with Gasteiger partial charge >= 0.3 is 0 Å². The maximum atomic E-state index is 13.1. The van der Waals surface area contributed by atoms with Crippen LogP contribution in [0.5, 0.6) is 0 Å². The van der Waals surface area contributed by atoms with Crippen LogP contribution in [0.4, 0.5) is 5.13 Å². The second-order valence-electron chi connectivity index (χ2n) is 8.85. The Bertz CT molecular complexity index is 761. The van der Waals surface area contributed by atoms with Gasteiger partial charge in [0.2, 0.25) is 22.9 Å². The first-order valence-corrected chi connectivity index (χ1v) is 14.3. The van der Waals surface area contributed by atoms with Crippen molar-refractivity contribution in [1.82, 2.24) is 15.1 Å². The first-order valence-electron chi connectivity index (χ1n) is 12.1. The summed E-state index contributed by atoms with van der Waals surface area (Å²) < 4.78 is 0. The van der Waals surface area contributed by atoms with E-state index in [1.54, 1.807) is 11.8 Å². The van der Waals surface area contributed by atoms with Crippen LogP contribution in [0.15, 0.2) is 0 Å². The molecule has 7 nitrogen and oxygen atoms in total. The van der Waals surface area contributed by atoms with Crippen molar-refractivity contribution in [2.75, 3.05) is 17.3 Å². The van der Waals surface area contributed by atoms with Gasteiger partial charge in [-0.1, -0.05) is 63.2 Å². The predicted molar refractivity (Wildman–Crippen MR) is 130 cm³/mol. The highest BCUT2D eigenvalue weighted by molar-refractivity contribution is 7.98. The van der Waals surface area contributed by atoms with Gasteiger partial charge < -0.3 is 0 Å². The van der Waals surface area contributed by atoms with Crippen molar-refractivity contribution < 1.29 is 14.4 Å². The molecule has 0 unspecified atom stereocenters. The summed E-state index contributed by atoms with van der Waals surface area (Å²) in [6.45, 7) is 2.21. The molecule has 2 heterocycles. The summed E-state index contributed by atoms with van der Waals surface area (Å²) in [5.74, 6) is -0.452. The van der Waals surface area contributed by atoms with Crippen LogP contribution in [-0.2, 0) is 20.8 Å². The fourth-order valence-electron chi connectivity index (χ4n) is 4.75. The van der Waals surface area contributed by atoms with Gasteiger partial charge in [-0.15, -0.1) is 10.2 Å². The Hall–Kier alpha value is -1.48. The topological polar surface area (TPSA) is 92.3 Å². The Morgan fingerprint density at radius 1 is 1.09 bits per heavy atom. The van der Waals surface area contributed by atoms with Crippen LogP contribution in [0.2, 0.25) is 0 Å². The van der Waals surface area contributed by atoms with Crippen LogP contribution in [0.1, 0.15) is 82.6 Å². The fourth-order valence-corrected chi connectivity index (χ4v) is 6.00. The Balaban J connectivity index is 1.59. The van der Waals surface area contributed by atoms with Crippen LogP contribution in [0, 0.1) is 11.8 Å². The quantitative estimate of drug-likeness (QED) is 0.326. The van der Waals surface area contributed by atoms with Gasteiger partial charge in [0.05, 0.1) is 11.8 Å². The summed E-state index contributed by atoms with van der Waals surface area (Å²) in [5.41, 5.74) is 0. The van der Waals surface area contributed by atoms with Crippen molar-refractivity contribution in [2.24, 2.45) is 11.8 Å². The van der Waals surface area contributed by atoms with Crippen molar-refractivity contribution in [1.29, 1.82) is 0 Å². The second-order valence-corrected chi connectivity index (χ2v) is 10.9. The lowest BCUT2D eigenvalue weighted by molar-refractivity contribution is -0.146. The standard InChI is InChI=1S/C23H36N4O3S2/c1-3-4-5-6-7-8-13-19-25-26-23(32-19)24-20(28)18(14-15-31-2)27-21(29)16-11-9-10-12-17(16)22(27)30/h16-18H,3-15H2,1-2H3,(H,24,26,28)/t16-,17+,18-/m0/s1. The number of hydrogen-bond donors (Lipinski definition) is 1. The van der Waals surface area contributed by atoms with Gasteiger partial charge in [-0.3, -0.25) is 24.6 Å². The number of imide groups is 1. The van der Waals surface area contributed by atoms with Gasteiger partial charge in [0.15, 0.2) is 0 Å². The van der Waals surface area contributed by atoms with Gasteiger partial charge in [0.1, 0.15) is 11.0 Å². The second kappa shape index (κ2) is 12.7. The van der Waals surface area contributed by atoms with Crippen LogP contribution >= 0.6 is 23.1 Å². The SMILES string of the molecule is CCCCCCCCc1nnc(NC(=O)[C@H](CCSC)N2C(=O)[C@H]3CCCC[C@H]3C2=O)s1. The van der Waals surface area contributed by atoms with E-state index in [9.17, 15) is 14.4 Å². The summed E-state index contributed by atoms with van der Waals surface area (Å²) >= 11 is 2.99. The smallest absolute Gasteiger partial charge is 0.249 e. The molecule has 0 radical (unpaired) electrons. The Labute approximate surface area is 199 Å². The van der Waals surface area contributed by atoms with Crippen LogP contribution < -0.4 is 5.32 Å². The minimum atomic E-state index is -0.779. The molecule has 1 saturated carbocycles. The number of aromatic nitrogens is 2. The number of nitrogens with one attached hydrogen (secondary N) is 1. The Morgan fingerprint density at radius 3 is 2.41 bits per heavy atom. The predicted octanol–water partition coefficient (Wildman–Crippen LogP) is 4.68. The molecule has 1 N–H and O–H groups in total. The zero-order valence-corrected chi connectivity index (χ0v) is 20.9. The number of aryl methyl sites for hydroxylation is 1. The molecule has 0 bridgehead atoms. The Morgan fingerprint density at radius 2 is 1.75 bits per heavy atom. The van der Waals surface area contributed by atoms with Crippen molar-refractivity contribution >= 4 is 46.0 Å². The number of carbonyl (C=O) groups excluding carboxylic acids is 3. The lowest BCUT2D eigenvalue weighted by Gasteiger charge is -2.25. The van der Waals surface area contributed by atoms with E-state index in [1.807, 2.05) is 6.26 Å². The van der Waals surface area contributed by atoms with Gasteiger partial charge in [-0.25, -0.2) is 0 Å². The average molecular weight is 481 g/mol. The maximum absolute atomic E-state index is 13.1. The van der Waals surface area contributed by atoms with Crippen molar-refractivity contribution in [3.63, 3.8) is 0 Å². The summed E-state index contributed by atoms with van der Waals surface area (Å²) in [6, 6.07) is -0.779. The number of hydrogen-bond acceptors (Lipinski definition) is 7. The number of amides is 3. The third kappa shape index (κ3) is 6.31. The fraction of sp³-hybridized carbons (Fsp3) is 0.783. The molecule has 2 aliphatic rings. The number of nitrogens with zero attached hydrogens (tertiary/aromatic N) is 3. The number of thioether (sulfide) groups is 1. The molecule has 3 atom stereocenters. The van der Waals surface area contributed by atoms with E-state index in [1.165, 1.54) is 48.3 Å². The highest BCUT2D eigenvalue weighted by Crippen LogP contribution is 2.39. The zero-order valence-electron chi connectivity index (χ0n) is 19.3. The molecule has 0 aromatic carbocycles. The average Bonchev–Trinajstić information content (AvgIpc) is 3.34. The van der Waals surface area contributed by atoms with Gasteiger partial charge in [0.25, 0.3) is 0 Å². The number of carbonyl (C=O) groups is 3. The first-order chi connectivity index (χ1) is 15.6. The van der Waals surface area contributed by atoms with Crippen molar-refractivity contribution in [2.45, 2.75) is 90.0 Å². The lowest BCUT2D eigenvalue weighted by Crippen LogP contribution is -2.48. The molecule has 1 aromatic rings. The third-order valence-corrected chi connectivity index (χ3v) is 8.07. The minimum Gasteiger partial charge on any atom is -0.299 e. The molecule has 3 rings (SSSR count). The molecule has 9 heteroatoms. The van der Waals surface area contributed by atoms with E-state index >= 15 is 0 Å². The maximum Gasteiger partial charge on any atom is 0.249 e.